The largest absolute Gasteiger partial charge is 0.329 e. The molecule has 114 valence electrons. The van der Waals surface area contributed by atoms with E-state index in [1.165, 1.54) is 0 Å². The van der Waals surface area contributed by atoms with Crippen LogP contribution >= 0.6 is 0 Å². The van der Waals surface area contributed by atoms with E-state index in [4.69, 9.17) is 5.73 Å². The van der Waals surface area contributed by atoms with Crippen molar-refractivity contribution in [3.05, 3.63) is 35.9 Å². The first kappa shape index (κ1) is 15.5. The SMILES string of the molecule is NCC1CCCCN1CC(=O)NNC(=O)c1ccccc1. The van der Waals surface area contributed by atoms with E-state index in [1.807, 2.05) is 6.07 Å². The van der Waals surface area contributed by atoms with Crippen LogP contribution in [0.15, 0.2) is 30.3 Å². The standard InChI is InChI=1S/C15H22N4O2/c16-10-13-8-4-5-9-19(13)11-14(20)17-18-15(21)12-6-2-1-3-7-12/h1-3,6-7,13H,4-5,8-11,16H2,(H,17,20)(H,18,21). The number of nitrogens with two attached hydrogens (primary N) is 1. The molecular weight excluding hydrogens is 268 g/mol. The molecule has 1 unspecified atom stereocenters. The molecule has 1 atom stereocenters. The van der Waals surface area contributed by atoms with Crippen molar-refractivity contribution < 1.29 is 9.59 Å². The number of hydrazine groups is 1. The van der Waals surface area contributed by atoms with Crippen molar-refractivity contribution in [1.82, 2.24) is 15.8 Å². The van der Waals surface area contributed by atoms with Gasteiger partial charge in [-0.15, -0.1) is 0 Å². The third-order valence-electron chi connectivity index (χ3n) is 3.72. The molecule has 1 aliphatic rings. The molecule has 0 bridgehead atoms. The van der Waals surface area contributed by atoms with Crippen molar-refractivity contribution in [2.75, 3.05) is 19.6 Å². The third kappa shape index (κ3) is 4.54. The van der Waals surface area contributed by atoms with E-state index in [0.29, 0.717) is 12.1 Å². The summed E-state index contributed by atoms with van der Waals surface area (Å²) in [6.45, 7) is 1.70. The molecule has 21 heavy (non-hydrogen) atoms. The smallest absolute Gasteiger partial charge is 0.269 e. The van der Waals surface area contributed by atoms with Gasteiger partial charge in [0.1, 0.15) is 0 Å². The molecular formula is C15H22N4O2. The van der Waals surface area contributed by atoms with Crippen LogP contribution in [0.25, 0.3) is 0 Å². The Morgan fingerprint density at radius 2 is 1.95 bits per heavy atom. The molecule has 1 aromatic rings. The Bertz CT molecular complexity index is 478. The lowest BCUT2D eigenvalue weighted by molar-refractivity contribution is -0.123. The Morgan fingerprint density at radius 1 is 1.19 bits per heavy atom. The summed E-state index contributed by atoms with van der Waals surface area (Å²) in [5, 5.41) is 0. The van der Waals surface area contributed by atoms with Crippen LogP contribution in [0.1, 0.15) is 29.6 Å². The van der Waals surface area contributed by atoms with Gasteiger partial charge < -0.3 is 5.73 Å². The normalized spacial score (nSPS) is 19.0. The maximum absolute atomic E-state index is 11.9. The van der Waals surface area contributed by atoms with Crippen molar-refractivity contribution >= 4 is 11.8 Å². The number of carbonyl (C=O) groups excluding carboxylic acids is 2. The fourth-order valence-corrected chi connectivity index (χ4v) is 2.55. The van der Waals surface area contributed by atoms with Gasteiger partial charge in [-0.3, -0.25) is 25.3 Å². The lowest BCUT2D eigenvalue weighted by Gasteiger charge is -2.34. The van der Waals surface area contributed by atoms with E-state index in [2.05, 4.69) is 15.8 Å². The molecule has 1 heterocycles. The zero-order valence-electron chi connectivity index (χ0n) is 12.0. The van der Waals surface area contributed by atoms with Gasteiger partial charge in [0.2, 0.25) is 0 Å². The molecule has 0 saturated carbocycles. The highest BCUT2D eigenvalue weighted by atomic mass is 16.2. The number of piperidine rings is 1. The maximum atomic E-state index is 11.9. The van der Waals surface area contributed by atoms with Gasteiger partial charge >= 0.3 is 0 Å². The Balaban J connectivity index is 1.78. The van der Waals surface area contributed by atoms with Gasteiger partial charge in [0.05, 0.1) is 6.54 Å². The van der Waals surface area contributed by atoms with Crippen molar-refractivity contribution in [3.63, 3.8) is 0 Å². The van der Waals surface area contributed by atoms with Crippen LogP contribution in [0.3, 0.4) is 0 Å². The molecule has 2 amide bonds. The molecule has 1 fully saturated rings. The van der Waals surface area contributed by atoms with Crippen LogP contribution in [0.2, 0.25) is 0 Å². The van der Waals surface area contributed by atoms with Crippen LogP contribution in [-0.4, -0.2) is 42.4 Å². The van der Waals surface area contributed by atoms with Crippen LogP contribution in [0, 0.1) is 0 Å². The molecule has 4 N–H and O–H groups in total. The summed E-state index contributed by atoms with van der Waals surface area (Å²) in [6.07, 6.45) is 3.27. The Hall–Kier alpha value is -1.92. The van der Waals surface area contributed by atoms with Gasteiger partial charge in [0.25, 0.3) is 11.8 Å². The highest BCUT2D eigenvalue weighted by molar-refractivity contribution is 5.95. The third-order valence-corrected chi connectivity index (χ3v) is 3.72. The second-order valence-corrected chi connectivity index (χ2v) is 5.22. The number of nitrogens with one attached hydrogen (secondary N) is 2. The first-order chi connectivity index (χ1) is 10.2. The topological polar surface area (TPSA) is 87.5 Å². The molecule has 2 rings (SSSR count). The minimum absolute atomic E-state index is 0.223. The van der Waals surface area contributed by atoms with E-state index in [-0.39, 0.29) is 24.4 Å². The average molecular weight is 290 g/mol. The van der Waals surface area contributed by atoms with E-state index in [0.717, 1.165) is 25.8 Å². The molecule has 6 nitrogen and oxygen atoms in total. The van der Waals surface area contributed by atoms with E-state index >= 15 is 0 Å². The van der Waals surface area contributed by atoms with Gasteiger partial charge in [-0.1, -0.05) is 24.6 Å². The second kappa shape index (κ2) is 7.75. The zero-order valence-corrected chi connectivity index (χ0v) is 12.0. The summed E-state index contributed by atoms with van der Waals surface area (Å²) in [5.41, 5.74) is 11.1. The summed E-state index contributed by atoms with van der Waals surface area (Å²) < 4.78 is 0. The minimum atomic E-state index is -0.321. The molecule has 1 saturated heterocycles. The molecule has 1 aromatic carbocycles. The molecule has 0 aromatic heterocycles. The fraction of sp³-hybridized carbons (Fsp3) is 0.467. The number of rotatable bonds is 4. The predicted molar refractivity (Wildman–Crippen MR) is 80.3 cm³/mol. The van der Waals surface area contributed by atoms with Crippen LogP contribution in [0.4, 0.5) is 0 Å². The van der Waals surface area contributed by atoms with Gasteiger partial charge in [-0.25, -0.2) is 0 Å². The molecule has 0 radical (unpaired) electrons. The van der Waals surface area contributed by atoms with Crippen LogP contribution < -0.4 is 16.6 Å². The lowest BCUT2D eigenvalue weighted by Crippen LogP contribution is -2.51. The van der Waals surface area contributed by atoms with E-state index in [9.17, 15) is 9.59 Å². The number of hydrogen-bond donors (Lipinski definition) is 3. The number of benzene rings is 1. The first-order valence-corrected chi connectivity index (χ1v) is 7.29. The Labute approximate surface area is 124 Å². The fourth-order valence-electron chi connectivity index (χ4n) is 2.55. The molecule has 0 aliphatic carbocycles. The number of likely N-dealkylation sites (tertiary alicyclic amines) is 1. The van der Waals surface area contributed by atoms with Gasteiger partial charge in [-0.2, -0.15) is 0 Å². The minimum Gasteiger partial charge on any atom is -0.329 e. The summed E-state index contributed by atoms with van der Waals surface area (Å²) in [5.74, 6) is -0.544. The maximum Gasteiger partial charge on any atom is 0.269 e. The Kier molecular flexibility index (Phi) is 5.71. The van der Waals surface area contributed by atoms with Crippen molar-refractivity contribution in [2.24, 2.45) is 5.73 Å². The summed E-state index contributed by atoms with van der Waals surface area (Å²) in [7, 11) is 0. The quantitative estimate of drug-likeness (QED) is 0.694. The van der Waals surface area contributed by atoms with Crippen molar-refractivity contribution in [2.45, 2.75) is 25.3 Å². The zero-order chi connectivity index (χ0) is 15.1. The number of nitrogens with zero attached hydrogens (tertiary/aromatic N) is 1. The number of carbonyl (C=O) groups is 2. The number of amides is 2. The van der Waals surface area contributed by atoms with Gasteiger partial charge in [0.15, 0.2) is 0 Å². The molecule has 6 heteroatoms. The average Bonchev–Trinajstić information content (AvgIpc) is 2.54. The van der Waals surface area contributed by atoms with Crippen LogP contribution in [-0.2, 0) is 4.79 Å². The highest BCUT2D eigenvalue weighted by Crippen LogP contribution is 2.15. The molecule has 1 aliphatic heterocycles. The Morgan fingerprint density at radius 3 is 2.67 bits per heavy atom. The predicted octanol–water partition coefficient (Wildman–Crippen LogP) is 0.261. The highest BCUT2D eigenvalue weighted by Gasteiger charge is 2.23. The summed E-state index contributed by atoms with van der Waals surface area (Å²) in [4.78, 5) is 25.8. The lowest BCUT2D eigenvalue weighted by atomic mass is 10.0. The monoisotopic (exact) mass is 290 g/mol. The van der Waals surface area contributed by atoms with Crippen LogP contribution in [0.5, 0.6) is 0 Å². The van der Waals surface area contributed by atoms with Crippen molar-refractivity contribution in [1.29, 1.82) is 0 Å². The number of hydrogen-bond acceptors (Lipinski definition) is 4. The van der Waals surface area contributed by atoms with Gasteiger partial charge in [0, 0.05) is 18.2 Å². The van der Waals surface area contributed by atoms with Gasteiger partial charge in [-0.05, 0) is 31.5 Å². The molecule has 0 spiro atoms. The summed E-state index contributed by atoms with van der Waals surface area (Å²) >= 11 is 0. The first-order valence-electron chi connectivity index (χ1n) is 7.29. The van der Waals surface area contributed by atoms with E-state index < -0.39 is 0 Å². The summed E-state index contributed by atoms with van der Waals surface area (Å²) in [6, 6.07) is 9.02. The second-order valence-electron chi connectivity index (χ2n) is 5.22. The van der Waals surface area contributed by atoms with E-state index in [1.54, 1.807) is 24.3 Å². The van der Waals surface area contributed by atoms with Crippen molar-refractivity contribution in [3.8, 4) is 0 Å².